The molecule has 2 rings (SSSR count). The Bertz CT molecular complexity index is 634. The molecule has 0 spiro atoms. The van der Waals surface area contributed by atoms with Crippen molar-refractivity contribution in [3.8, 4) is 5.75 Å². The van der Waals surface area contributed by atoms with E-state index in [2.05, 4.69) is 47.2 Å². The van der Waals surface area contributed by atoms with Gasteiger partial charge in [0.1, 0.15) is 11.6 Å². The first-order valence-corrected chi connectivity index (χ1v) is 7.54. The molecule has 0 amide bonds. The van der Waals surface area contributed by atoms with Gasteiger partial charge in [-0.05, 0) is 55.8 Å². The summed E-state index contributed by atoms with van der Waals surface area (Å²) in [6.45, 7) is 4.10. The molecule has 0 aromatic heterocycles. The molecule has 2 nitrogen and oxygen atoms in total. The third-order valence-electron chi connectivity index (χ3n) is 3.58. The maximum atomic E-state index is 13.6. The second-order valence-electron chi connectivity index (χ2n) is 5.08. The minimum atomic E-state index is -0.267. The standard InChI is InChI=1S/C17H19BrFNO/c1-10-7-12(8-11(2)16(10)18)17(20-3)14-9-13(19)5-6-15(14)21-4/h5-9,17,20H,1-4H3. The average Bonchev–Trinajstić information content (AvgIpc) is 2.46. The molecule has 0 saturated heterocycles. The van der Waals surface area contributed by atoms with Crippen molar-refractivity contribution >= 4 is 15.9 Å². The van der Waals surface area contributed by atoms with Gasteiger partial charge in [-0.1, -0.05) is 28.1 Å². The summed E-state index contributed by atoms with van der Waals surface area (Å²) in [5.41, 5.74) is 4.18. The molecule has 0 aliphatic carbocycles. The van der Waals surface area contributed by atoms with E-state index < -0.39 is 0 Å². The first-order valence-electron chi connectivity index (χ1n) is 6.75. The smallest absolute Gasteiger partial charge is 0.124 e. The number of hydrogen-bond donors (Lipinski definition) is 1. The van der Waals surface area contributed by atoms with E-state index in [4.69, 9.17) is 4.74 Å². The van der Waals surface area contributed by atoms with E-state index in [1.165, 1.54) is 12.1 Å². The number of aryl methyl sites for hydroxylation is 2. The van der Waals surface area contributed by atoms with Gasteiger partial charge in [0.25, 0.3) is 0 Å². The number of benzene rings is 2. The molecule has 0 bridgehead atoms. The number of ether oxygens (including phenoxy) is 1. The minimum Gasteiger partial charge on any atom is -0.496 e. The van der Waals surface area contributed by atoms with Gasteiger partial charge in [0.15, 0.2) is 0 Å². The zero-order valence-electron chi connectivity index (χ0n) is 12.6. The summed E-state index contributed by atoms with van der Waals surface area (Å²) >= 11 is 3.58. The summed E-state index contributed by atoms with van der Waals surface area (Å²) < 4.78 is 20.1. The van der Waals surface area contributed by atoms with Crippen LogP contribution >= 0.6 is 15.9 Å². The van der Waals surface area contributed by atoms with Crippen LogP contribution in [0.3, 0.4) is 0 Å². The number of methoxy groups -OCH3 is 1. The lowest BCUT2D eigenvalue weighted by molar-refractivity contribution is 0.404. The van der Waals surface area contributed by atoms with E-state index in [9.17, 15) is 4.39 Å². The molecule has 21 heavy (non-hydrogen) atoms. The first-order chi connectivity index (χ1) is 9.97. The summed E-state index contributed by atoms with van der Waals surface area (Å²) in [4.78, 5) is 0. The van der Waals surface area contributed by atoms with Crippen LogP contribution in [0.4, 0.5) is 4.39 Å². The van der Waals surface area contributed by atoms with Crippen LogP contribution < -0.4 is 10.1 Å². The monoisotopic (exact) mass is 351 g/mol. The largest absolute Gasteiger partial charge is 0.496 e. The Labute approximate surface area is 133 Å². The zero-order valence-corrected chi connectivity index (χ0v) is 14.2. The lowest BCUT2D eigenvalue weighted by Gasteiger charge is -2.21. The van der Waals surface area contributed by atoms with Crippen LogP contribution in [0.2, 0.25) is 0 Å². The van der Waals surface area contributed by atoms with E-state index >= 15 is 0 Å². The highest BCUT2D eigenvalue weighted by Crippen LogP contribution is 2.33. The van der Waals surface area contributed by atoms with E-state index in [1.807, 2.05) is 7.05 Å². The van der Waals surface area contributed by atoms with Crippen LogP contribution in [0.15, 0.2) is 34.8 Å². The number of hydrogen-bond acceptors (Lipinski definition) is 2. The number of halogens is 2. The molecule has 0 aliphatic heterocycles. The van der Waals surface area contributed by atoms with Crippen molar-refractivity contribution in [2.75, 3.05) is 14.2 Å². The Morgan fingerprint density at radius 2 is 1.76 bits per heavy atom. The van der Waals surface area contributed by atoms with Gasteiger partial charge in [-0.25, -0.2) is 4.39 Å². The summed E-state index contributed by atoms with van der Waals surface area (Å²) in [5.74, 6) is 0.408. The molecule has 1 N–H and O–H groups in total. The van der Waals surface area contributed by atoms with Crippen molar-refractivity contribution in [3.05, 3.63) is 62.9 Å². The van der Waals surface area contributed by atoms with Gasteiger partial charge in [0.2, 0.25) is 0 Å². The van der Waals surface area contributed by atoms with Crippen LogP contribution in [0.5, 0.6) is 5.75 Å². The number of rotatable bonds is 4. The van der Waals surface area contributed by atoms with E-state index in [-0.39, 0.29) is 11.9 Å². The van der Waals surface area contributed by atoms with Crippen LogP contribution in [-0.4, -0.2) is 14.2 Å². The normalized spacial score (nSPS) is 12.3. The Morgan fingerprint density at radius 3 is 2.29 bits per heavy atom. The van der Waals surface area contributed by atoms with Crippen molar-refractivity contribution in [2.45, 2.75) is 19.9 Å². The summed E-state index contributed by atoms with van der Waals surface area (Å²) in [7, 11) is 3.46. The molecule has 0 fully saturated rings. The van der Waals surface area contributed by atoms with E-state index in [1.54, 1.807) is 13.2 Å². The predicted octanol–water partition coefficient (Wildman–Crippen LogP) is 4.52. The van der Waals surface area contributed by atoms with Gasteiger partial charge in [-0.15, -0.1) is 0 Å². The Morgan fingerprint density at radius 1 is 1.14 bits per heavy atom. The minimum absolute atomic E-state index is 0.124. The zero-order chi connectivity index (χ0) is 15.6. The molecular formula is C17H19BrFNO. The van der Waals surface area contributed by atoms with Gasteiger partial charge in [-0.2, -0.15) is 0 Å². The molecule has 4 heteroatoms. The second-order valence-corrected chi connectivity index (χ2v) is 5.87. The maximum Gasteiger partial charge on any atom is 0.124 e. The first kappa shape index (κ1) is 16.0. The molecule has 0 heterocycles. The van der Waals surface area contributed by atoms with Gasteiger partial charge in [0.05, 0.1) is 13.2 Å². The Hall–Kier alpha value is -1.39. The summed E-state index contributed by atoms with van der Waals surface area (Å²) in [6.07, 6.45) is 0. The van der Waals surface area contributed by atoms with Gasteiger partial charge in [0, 0.05) is 10.0 Å². The Kier molecular flexibility index (Phi) is 5.01. The molecule has 112 valence electrons. The highest BCUT2D eigenvalue weighted by atomic mass is 79.9. The molecule has 0 radical (unpaired) electrons. The summed E-state index contributed by atoms with van der Waals surface area (Å²) in [6, 6.07) is 8.67. The number of nitrogens with one attached hydrogen (secondary N) is 1. The Balaban J connectivity index is 2.57. The molecule has 0 saturated carbocycles. The molecular weight excluding hydrogens is 333 g/mol. The average molecular weight is 352 g/mol. The van der Waals surface area contributed by atoms with Crippen LogP contribution in [-0.2, 0) is 0 Å². The van der Waals surface area contributed by atoms with Crippen molar-refractivity contribution in [3.63, 3.8) is 0 Å². The topological polar surface area (TPSA) is 21.3 Å². The van der Waals surface area contributed by atoms with Crippen molar-refractivity contribution in [2.24, 2.45) is 0 Å². The maximum absolute atomic E-state index is 13.6. The second kappa shape index (κ2) is 6.58. The fourth-order valence-electron chi connectivity index (χ4n) is 2.58. The molecule has 1 unspecified atom stereocenters. The van der Waals surface area contributed by atoms with Crippen molar-refractivity contribution in [1.29, 1.82) is 0 Å². The van der Waals surface area contributed by atoms with Gasteiger partial charge >= 0.3 is 0 Å². The highest BCUT2D eigenvalue weighted by molar-refractivity contribution is 9.10. The van der Waals surface area contributed by atoms with Crippen LogP contribution in [0.1, 0.15) is 28.3 Å². The fraction of sp³-hybridized carbons (Fsp3) is 0.294. The summed E-state index contributed by atoms with van der Waals surface area (Å²) in [5, 5.41) is 3.25. The van der Waals surface area contributed by atoms with Gasteiger partial charge in [-0.3, -0.25) is 0 Å². The molecule has 2 aromatic carbocycles. The van der Waals surface area contributed by atoms with Gasteiger partial charge < -0.3 is 10.1 Å². The van der Waals surface area contributed by atoms with Crippen LogP contribution in [0, 0.1) is 19.7 Å². The quantitative estimate of drug-likeness (QED) is 0.873. The predicted molar refractivity (Wildman–Crippen MR) is 87.5 cm³/mol. The third-order valence-corrected chi connectivity index (χ3v) is 4.83. The molecule has 0 aliphatic rings. The third kappa shape index (κ3) is 3.27. The SMILES string of the molecule is CNC(c1cc(C)c(Br)c(C)c1)c1cc(F)ccc1OC. The highest BCUT2D eigenvalue weighted by Gasteiger charge is 2.18. The molecule has 2 aromatic rings. The van der Waals surface area contributed by atoms with E-state index in [0.29, 0.717) is 5.75 Å². The van der Waals surface area contributed by atoms with E-state index in [0.717, 1.165) is 26.7 Å². The van der Waals surface area contributed by atoms with Crippen LogP contribution in [0.25, 0.3) is 0 Å². The van der Waals surface area contributed by atoms with Crippen molar-refractivity contribution < 1.29 is 9.13 Å². The lowest BCUT2D eigenvalue weighted by Crippen LogP contribution is -2.19. The van der Waals surface area contributed by atoms with Crippen molar-refractivity contribution in [1.82, 2.24) is 5.32 Å². The molecule has 1 atom stereocenters. The fourth-order valence-corrected chi connectivity index (χ4v) is 2.81. The lowest BCUT2D eigenvalue weighted by atomic mass is 9.95.